The monoisotopic (exact) mass is 498 g/mol. The number of nitrogens with zero attached hydrogens (tertiary/aromatic N) is 3. The van der Waals surface area contributed by atoms with Crippen LogP contribution in [-0.2, 0) is 28.1 Å². The number of hydrogen-bond donors (Lipinski definition) is 1. The van der Waals surface area contributed by atoms with Gasteiger partial charge >= 0.3 is 12.2 Å². The smallest absolute Gasteiger partial charge is 0.410 e. The van der Waals surface area contributed by atoms with E-state index in [0.717, 1.165) is 16.7 Å². The number of nitriles is 1. The fourth-order valence-corrected chi connectivity index (χ4v) is 4.68. The van der Waals surface area contributed by atoms with Crippen molar-refractivity contribution in [3.8, 4) is 6.07 Å². The van der Waals surface area contributed by atoms with Crippen LogP contribution in [0.15, 0.2) is 85.2 Å². The molecule has 2 aromatic carbocycles. The molecular weight excluding hydrogens is 468 g/mol. The van der Waals surface area contributed by atoms with Gasteiger partial charge in [0.2, 0.25) is 0 Å². The Labute approximate surface area is 216 Å². The molecule has 2 heterocycles. The van der Waals surface area contributed by atoms with Crippen molar-refractivity contribution < 1.29 is 19.1 Å². The molecule has 37 heavy (non-hydrogen) atoms. The number of amides is 2. The Balaban J connectivity index is 1.38. The first-order valence-corrected chi connectivity index (χ1v) is 12.3. The van der Waals surface area contributed by atoms with Crippen LogP contribution in [0.2, 0.25) is 0 Å². The molecule has 8 nitrogen and oxygen atoms in total. The maximum atomic E-state index is 12.6. The second-order valence-corrected chi connectivity index (χ2v) is 9.04. The minimum absolute atomic E-state index is 0.0876. The van der Waals surface area contributed by atoms with Gasteiger partial charge in [-0.3, -0.25) is 4.98 Å². The molecule has 1 aliphatic rings. The van der Waals surface area contributed by atoms with Gasteiger partial charge in [-0.15, -0.1) is 0 Å². The summed E-state index contributed by atoms with van der Waals surface area (Å²) in [5.74, 6) is -0.0903. The van der Waals surface area contributed by atoms with Crippen molar-refractivity contribution in [1.82, 2.24) is 15.2 Å². The fraction of sp³-hybridized carbons (Fsp3) is 0.310. The largest absolute Gasteiger partial charge is 0.445 e. The summed E-state index contributed by atoms with van der Waals surface area (Å²) in [6, 6.07) is 25.1. The average molecular weight is 499 g/mol. The second kappa shape index (κ2) is 12.5. The van der Waals surface area contributed by atoms with Gasteiger partial charge in [-0.2, -0.15) is 5.26 Å². The van der Waals surface area contributed by atoms with Crippen LogP contribution in [0.5, 0.6) is 0 Å². The van der Waals surface area contributed by atoms with E-state index >= 15 is 0 Å². The van der Waals surface area contributed by atoms with Crippen molar-refractivity contribution in [2.45, 2.75) is 31.5 Å². The highest BCUT2D eigenvalue weighted by Crippen LogP contribution is 2.38. The molecule has 1 fully saturated rings. The molecule has 8 heteroatoms. The van der Waals surface area contributed by atoms with E-state index in [0.29, 0.717) is 25.9 Å². The van der Waals surface area contributed by atoms with E-state index in [1.54, 1.807) is 29.4 Å². The molecule has 0 bridgehead atoms. The van der Waals surface area contributed by atoms with Gasteiger partial charge in [-0.05, 0) is 47.6 Å². The van der Waals surface area contributed by atoms with Crippen molar-refractivity contribution in [1.29, 1.82) is 5.26 Å². The summed E-state index contributed by atoms with van der Waals surface area (Å²) < 4.78 is 10.8. The van der Waals surface area contributed by atoms with E-state index in [-0.39, 0.29) is 31.8 Å². The van der Waals surface area contributed by atoms with E-state index in [4.69, 9.17) is 9.47 Å². The van der Waals surface area contributed by atoms with Crippen LogP contribution in [0.4, 0.5) is 9.59 Å². The van der Waals surface area contributed by atoms with Gasteiger partial charge in [0.1, 0.15) is 18.6 Å². The van der Waals surface area contributed by atoms with Crippen LogP contribution in [0.3, 0.4) is 0 Å². The number of pyridine rings is 1. The standard InChI is InChI=1S/C29H30N4O4/c30-21-29(25-11-15-31-16-12-25,22-32-27(34)36-19-23-7-3-1-4-8-23)26-13-17-33(18-14-26)28(35)37-20-24-9-5-2-6-10-24/h1-12,15-16,26H,13-14,17-20,22H2,(H,32,34). The van der Waals surface area contributed by atoms with Gasteiger partial charge in [-0.25, -0.2) is 9.59 Å². The van der Waals surface area contributed by atoms with E-state index in [2.05, 4.69) is 16.4 Å². The van der Waals surface area contributed by atoms with Crippen LogP contribution in [0.1, 0.15) is 29.5 Å². The fourth-order valence-electron chi connectivity index (χ4n) is 4.68. The Kier molecular flexibility index (Phi) is 8.71. The molecule has 4 rings (SSSR count). The van der Waals surface area contributed by atoms with Crippen molar-refractivity contribution in [3.63, 3.8) is 0 Å². The number of hydrogen-bond acceptors (Lipinski definition) is 6. The molecule has 3 aromatic rings. The van der Waals surface area contributed by atoms with Crippen molar-refractivity contribution >= 4 is 12.2 Å². The number of carbonyl (C=O) groups excluding carboxylic acids is 2. The molecule has 1 atom stereocenters. The molecule has 1 unspecified atom stereocenters. The molecular formula is C29H30N4O4. The number of rotatable bonds is 8. The molecule has 0 saturated carbocycles. The SMILES string of the molecule is N#CC(CNC(=O)OCc1ccccc1)(c1ccncc1)C1CCN(C(=O)OCc2ccccc2)CC1. The highest BCUT2D eigenvalue weighted by molar-refractivity contribution is 5.68. The lowest BCUT2D eigenvalue weighted by molar-refractivity contribution is 0.0752. The zero-order valence-electron chi connectivity index (χ0n) is 20.6. The highest BCUT2D eigenvalue weighted by Gasteiger charge is 2.43. The van der Waals surface area contributed by atoms with Gasteiger partial charge in [0.15, 0.2) is 0 Å². The van der Waals surface area contributed by atoms with Crippen molar-refractivity contribution in [3.05, 3.63) is 102 Å². The summed E-state index contributed by atoms with van der Waals surface area (Å²) in [6.07, 6.45) is 3.53. The molecule has 2 amide bonds. The van der Waals surface area contributed by atoms with Gasteiger partial charge in [-0.1, -0.05) is 60.7 Å². The summed E-state index contributed by atoms with van der Waals surface area (Å²) in [4.78, 5) is 30.9. The lowest BCUT2D eigenvalue weighted by atomic mass is 9.67. The lowest BCUT2D eigenvalue weighted by Crippen LogP contribution is -2.50. The van der Waals surface area contributed by atoms with E-state index in [9.17, 15) is 14.9 Å². The zero-order chi connectivity index (χ0) is 25.9. The van der Waals surface area contributed by atoms with Crippen LogP contribution in [0, 0.1) is 17.2 Å². The highest BCUT2D eigenvalue weighted by atomic mass is 16.6. The Hall–Kier alpha value is -4.38. The summed E-state index contributed by atoms with van der Waals surface area (Å²) in [6.45, 7) is 1.37. The number of alkyl carbamates (subject to hydrolysis) is 1. The lowest BCUT2D eigenvalue weighted by Gasteiger charge is -2.40. The van der Waals surface area contributed by atoms with Gasteiger partial charge in [0.25, 0.3) is 0 Å². The van der Waals surface area contributed by atoms with Gasteiger partial charge in [0, 0.05) is 32.0 Å². The number of ether oxygens (including phenoxy) is 2. The van der Waals surface area contributed by atoms with E-state index in [1.165, 1.54) is 0 Å². The summed E-state index contributed by atoms with van der Waals surface area (Å²) >= 11 is 0. The normalized spacial score (nSPS) is 15.2. The number of likely N-dealkylation sites (tertiary alicyclic amines) is 1. The first kappa shape index (κ1) is 25.7. The quantitative estimate of drug-likeness (QED) is 0.478. The third kappa shape index (κ3) is 6.64. The maximum absolute atomic E-state index is 12.6. The molecule has 0 spiro atoms. The number of aromatic nitrogens is 1. The minimum Gasteiger partial charge on any atom is -0.445 e. The number of carbonyl (C=O) groups is 2. The zero-order valence-corrected chi connectivity index (χ0v) is 20.6. The average Bonchev–Trinajstić information content (AvgIpc) is 2.97. The third-order valence-electron chi connectivity index (χ3n) is 6.77. The van der Waals surface area contributed by atoms with Crippen LogP contribution in [0.25, 0.3) is 0 Å². The second-order valence-electron chi connectivity index (χ2n) is 9.04. The van der Waals surface area contributed by atoms with Crippen molar-refractivity contribution in [2.24, 2.45) is 5.92 Å². The van der Waals surface area contributed by atoms with E-state index < -0.39 is 11.5 Å². The van der Waals surface area contributed by atoms with Crippen LogP contribution >= 0.6 is 0 Å². The Morgan fingerprint density at radius 2 is 1.49 bits per heavy atom. The number of nitrogens with one attached hydrogen (secondary N) is 1. The topological polar surface area (TPSA) is 105 Å². The predicted octanol–water partition coefficient (Wildman–Crippen LogP) is 4.82. The summed E-state index contributed by atoms with van der Waals surface area (Å²) in [5, 5.41) is 13.2. The van der Waals surface area contributed by atoms with Crippen LogP contribution < -0.4 is 5.32 Å². The molecule has 0 radical (unpaired) electrons. The summed E-state index contributed by atoms with van der Waals surface area (Å²) in [5.41, 5.74) is 1.59. The molecule has 0 aliphatic carbocycles. The maximum Gasteiger partial charge on any atom is 0.410 e. The first-order chi connectivity index (χ1) is 18.1. The van der Waals surface area contributed by atoms with Gasteiger partial charge < -0.3 is 19.7 Å². The number of benzene rings is 2. The van der Waals surface area contributed by atoms with Crippen molar-refractivity contribution in [2.75, 3.05) is 19.6 Å². The van der Waals surface area contributed by atoms with Gasteiger partial charge in [0.05, 0.1) is 6.07 Å². The third-order valence-corrected chi connectivity index (χ3v) is 6.77. The molecule has 1 aliphatic heterocycles. The Morgan fingerprint density at radius 3 is 2.05 bits per heavy atom. The minimum atomic E-state index is -0.991. The number of piperidine rings is 1. The Bertz CT molecular complexity index is 1190. The predicted molar refractivity (Wildman–Crippen MR) is 137 cm³/mol. The molecule has 190 valence electrons. The molecule has 1 N–H and O–H groups in total. The summed E-state index contributed by atoms with van der Waals surface area (Å²) in [7, 11) is 0. The molecule has 1 aromatic heterocycles. The Morgan fingerprint density at radius 1 is 0.919 bits per heavy atom. The first-order valence-electron chi connectivity index (χ1n) is 12.3. The van der Waals surface area contributed by atoms with E-state index in [1.807, 2.05) is 60.7 Å². The van der Waals surface area contributed by atoms with Crippen LogP contribution in [-0.4, -0.2) is 41.7 Å². The molecule has 1 saturated heterocycles.